The summed E-state index contributed by atoms with van der Waals surface area (Å²) in [6.45, 7) is 10.2. The number of carbonyl (C=O) groups is 1. The molecule has 1 rings (SSSR count). The number of anilines is 1. The van der Waals surface area contributed by atoms with Crippen LogP contribution in [0, 0.1) is 6.92 Å². The van der Waals surface area contributed by atoms with Crippen molar-refractivity contribution in [1.82, 2.24) is 0 Å². The number of carbonyl (C=O) groups excluding carboxylic acids is 1. The van der Waals surface area contributed by atoms with Crippen molar-refractivity contribution < 1.29 is 9.53 Å². The molecule has 3 N–H and O–H groups in total. The number of alkyl halides is 1. The van der Waals surface area contributed by atoms with E-state index in [0.29, 0.717) is 5.33 Å². The number of halogens is 1. The van der Waals surface area contributed by atoms with E-state index in [9.17, 15) is 4.79 Å². The maximum atomic E-state index is 11.6. The van der Waals surface area contributed by atoms with Crippen molar-refractivity contribution >= 4 is 27.7 Å². The average molecular weight is 345 g/mol. The summed E-state index contributed by atoms with van der Waals surface area (Å²) in [6.07, 6.45) is -0.427. The predicted molar refractivity (Wildman–Crippen MR) is 88.4 cm³/mol. The summed E-state index contributed by atoms with van der Waals surface area (Å²) in [5, 5.41) is 3.45. The third-order valence-electron chi connectivity index (χ3n) is 2.04. The molecule has 0 unspecified atom stereocenters. The lowest BCUT2D eigenvalue weighted by Crippen LogP contribution is -2.27. The molecule has 0 aromatic heterocycles. The monoisotopic (exact) mass is 344 g/mol. The highest BCUT2D eigenvalue weighted by Gasteiger charge is 2.16. The van der Waals surface area contributed by atoms with Crippen molar-refractivity contribution in [1.29, 1.82) is 0 Å². The molecule has 0 saturated carbocycles. The van der Waals surface area contributed by atoms with Crippen LogP contribution in [-0.4, -0.2) is 18.2 Å². The smallest absolute Gasteiger partial charge is 0.412 e. The summed E-state index contributed by atoms with van der Waals surface area (Å²) >= 11 is 3.40. The molecule has 4 nitrogen and oxygen atoms in total. The van der Waals surface area contributed by atoms with Crippen LogP contribution in [0.2, 0.25) is 0 Å². The van der Waals surface area contributed by atoms with E-state index >= 15 is 0 Å². The maximum Gasteiger partial charge on any atom is 0.412 e. The summed E-state index contributed by atoms with van der Waals surface area (Å²) in [5.74, 6) is 0. The van der Waals surface area contributed by atoms with Crippen LogP contribution >= 0.6 is 15.9 Å². The Morgan fingerprint density at radius 1 is 1.40 bits per heavy atom. The van der Waals surface area contributed by atoms with Crippen molar-refractivity contribution in [2.24, 2.45) is 5.73 Å². The summed E-state index contributed by atoms with van der Waals surface area (Å²) < 4.78 is 5.21. The highest BCUT2D eigenvalue weighted by Crippen LogP contribution is 2.21. The fourth-order valence-corrected chi connectivity index (χ4v) is 1.83. The Labute approximate surface area is 130 Å². The fourth-order valence-electron chi connectivity index (χ4n) is 1.37. The molecule has 0 spiro atoms. The minimum Gasteiger partial charge on any atom is -0.444 e. The minimum absolute atomic E-state index is 0.427. The number of amides is 1. The van der Waals surface area contributed by atoms with Crippen LogP contribution in [0.3, 0.4) is 0 Å². The first kappa shape index (κ1) is 18.9. The van der Waals surface area contributed by atoms with E-state index in [1.54, 1.807) is 0 Å². The van der Waals surface area contributed by atoms with Gasteiger partial charge in [-0.3, -0.25) is 5.32 Å². The zero-order chi connectivity index (χ0) is 15.8. The molecule has 1 amide bonds. The zero-order valence-corrected chi connectivity index (χ0v) is 14.5. The van der Waals surface area contributed by atoms with Gasteiger partial charge in [-0.1, -0.05) is 40.5 Å². The molecule has 5 heteroatoms. The second kappa shape index (κ2) is 8.97. The van der Waals surface area contributed by atoms with E-state index < -0.39 is 11.7 Å². The molecule has 0 radical (unpaired) electrons. The summed E-state index contributed by atoms with van der Waals surface area (Å²) in [7, 11) is 0. The van der Waals surface area contributed by atoms with Gasteiger partial charge in [0.1, 0.15) is 5.60 Å². The average Bonchev–Trinajstić information content (AvgIpc) is 2.30. The van der Waals surface area contributed by atoms with Crippen LogP contribution in [0.1, 0.15) is 38.8 Å². The molecular formula is C15H25BrN2O2. The standard InChI is InChI=1S/C13H18BrNO2.C2H7N/c1-9-5-6-11(10(7-9)8-14)15-12(16)17-13(2,3)4;1-2-3/h5-7H,8H2,1-4H3,(H,15,16);2-3H2,1H3. The first-order valence-electron chi connectivity index (χ1n) is 6.59. The van der Waals surface area contributed by atoms with E-state index in [1.165, 1.54) is 0 Å². The predicted octanol–water partition coefficient (Wildman–Crippen LogP) is 4.20. The molecular weight excluding hydrogens is 320 g/mol. The minimum atomic E-state index is -0.483. The number of nitrogens with one attached hydrogen (secondary N) is 1. The van der Waals surface area contributed by atoms with Gasteiger partial charge in [-0.15, -0.1) is 0 Å². The SMILES string of the molecule is CCN.Cc1ccc(NC(=O)OC(C)(C)C)c(CBr)c1. The van der Waals surface area contributed by atoms with Gasteiger partial charge in [0, 0.05) is 11.0 Å². The van der Waals surface area contributed by atoms with Crippen LogP contribution in [0.15, 0.2) is 18.2 Å². The molecule has 0 aliphatic carbocycles. The van der Waals surface area contributed by atoms with Crippen LogP contribution in [0.5, 0.6) is 0 Å². The molecule has 0 aliphatic heterocycles. The molecule has 0 fully saturated rings. The number of nitrogens with two attached hydrogens (primary N) is 1. The topological polar surface area (TPSA) is 64.3 Å². The van der Waals surface area contributed by atoms with E-state index in [0.717, 1.165) is 23.4 Å². The van der Waals surface area contributed by atoms with Gasteiger partial charge in [0.15, 0.2) is 0 Å². The van der Waals surface area contributed by atoms with Crippen LogP contribution < -0.4 is 11.1 Å². The Balaban J connectivity index is 0.00000110. The van der Waals surface area contributed by atoms with Gasteiger partial charge in [-0.25, -0.2) is 4.79 Å². The Bertz CT molecular complexity index is 428. The Hall–Kier alpha value is -1.07. The van der Waals surface area contributed by atoms with Crippen LogP contribution in [0.25, 0.3) is 0 Å². The molecule has 0 bridgehead atoms. The van der Waals surface area contributed by atoms with E-state index in [4.69, 9.17) is 10.5 Å². The largest absolute Gasteiger partial charge is 0.444 e. The first-order chi connectivity index (χ1) is 9.23. The second-order valence-electron chi connectivity index (χ2n) is 5.33. The van der Waals surface area contributed by atoms with Gasteiger partial charge in [-0.05, 0) is 45.9 Å². The Kier molecular flexibility index (Phi) is 8.49. The summed E-state index contributed by atoms with van der Waals surface area (Å²) in [6, 6.07) is 5.87. The van der Waals surface area contributed by atoms with Gasteiger partial charge in [0.25, 0.3) is 0 Å². The molecule has 0 heterocycles. The van der Waals surface area contributed by atoms with Gasteiger partial charge in [0.05, 0.1) is 0 Å². The quantitative estimate of drug-likeness (QED) is 0.790. The molecule has 0 saturated heterocycles. The van der Waals surface area contributed by atoms with Crippen molar-refractivity contribution in [2.45, 2.75) is 45.5 Å². The van der Waals surface area contributed by atoms with Crippen molar-refractivity contribution in [3.63, 3.8) is 0 Å². The molecule has 20 heavy (non-hydrogen) atoms. The van der Waals surface area contributed by atoms with E-state index in [1.807, 2.05) is 52.8 Å². The molecule has 1 aromatic carbocycles. The van der Waals surface area contributed by atoms with Crippen LogP contribution in [0.4, 0.5) is 10.5 Å². The molecule has 1 aromatic rings. The number of hydrogen-bond donors (Lipinski definition) is 2. The van der Waals surface area contributed by atoms with Crippen molar-refractivity contribution in [2.75, 3.05) is 11.9 Å². The number of hydrogen-bond acceptors (Lipinski definition) is 3. The van der Waals surface area contributed by atoms with Gasteiger partial charge in [-0.2, -0.15) is 0 Å². The maximum absolute atomic E-state index is 11.6. The van der Waals surface area contributed by atoms with Crippen molar-refractivity contribution in [3.05, 3.63) is 29.3 Å². The van der Waals surface area contributed by atoms with Gasteiger partial charge < -0.3 is 10.5 Å². The lowest BCUT2D eigenvalue weighted by molar-refractivity contribution is 0.0636. The third kappa shape index (κ3) is 8.17. The highest BCUT2D eigenvalue weighted by molar-refractivity contribution is 9.08. The van der Waals surface area contributed by atoms with E-state index in [-0.39, 0.29) is 0 Å². The van der Waals surface area contributed by atoms with E-state index in [2.05, 4.69) is 21.2 Å². The Morgan fingerprint density at radius 3 is 2.40 bits per heavy atom. The molecule has 114 valence electrons. The normalized spacial score (nSPS) is 10.3. The molecule has 0 aliphatic rings. The zero-order valence-electron chi connectivity index (χ0n) is 12.9. The summed E-state index contributed by atoms with van der Waals surface area (Å²) in [4.78, 5) is 11.6. The number of aryl methyl sites for hydroxylation is 1. The number of benzene rings is 1. The lowest BCUT2D eigenvalue weighted by atomic mass is 10.1. The fraction of sp³-hybridized carbons (Fsp3) is 0.533. The number of ether oxygens (including phenoxy) is 1. The number of rotatable bonds is 2. The van der Waals surface area contributed by atoms with Gasteiger partial charge >= 0.3 is 6.09 Å². The lowest BCUT2D eigenvalue weighted by Gasteiger charge is -2.20. The van der Waals surface area contributed by atoms with Crippen LogP contribution in [-0.2, 0) is 10.1 Å². The molecule has 0 atom stereocenters. The highest BCUT2D eigenvalue weighted by atomic mass is 79.9. The third-order valence-corrected chi connectivity index (χ3v) is 2.64. The van der Waals surface area contributed by atoms with Crippen molar-refractivity contribution in [3.8, 4) is 0 Å². The first-order valence-corrected chi connectivity index (χ1v) is 7.71. The Morgan fingerprint density at radius 2 is 1.95 bits per heavy atom. The summed E-state index contributed by atoms with van der Waals surface area (Å²) in [5.41, 5.74) is 7.34. The van der Waals surface area contributed by atoms with Gasteiger partial charge in [0.2, 0.25) is 0 Å². The second-order valence-corrected chi connectivity index (χ2v) is 5.89.